The molecule has 0 fully saturated rings. The summed E-state index contributed by atoms with van der Waals surface area (Å²) in [6.07, 6.45) is 1.27. The van der Waals surface area contributed by atoms with E-state index in [-0.39, 0.29) is 10.3 Å². The molecular weight excluding hydrogens is 316 g/mol. The Morgan fingerprint density at radius 3 is 2.89 bits per heavy atom. The Labute approximate surface area is 117 Å². The minimum absolute atomic E-state index is 0.102. The van der Waals surface area contributed by atoms with E-state index in [1.165, 1.54) is 6.20 Å². The molecule has 0 amide bonds. The first-order valence-corrected chi connectivity index (χ1v) is 6.28. The molecular formula is C12H9BrN2O2S. The molecule has 1 aromatic heterocycles. The largest absolute Gasteiger partial charge is 0.478 e. The Balaban J connectivity index is 2.77. The second-order valence-electron chi connectivity index (χ2n) is 3.74. The third-order valence-corrected chi connectivity index (χ3v) is 3.21. The van der Waals surface area contributed by atoms with E-state index >= 15 is 0 Å². The molecule has 0 saturated carbocycles. The average molecular weight is 325 g/mol. The SMILES string of the molecule is Cc1ccc(Br)cc1-c1[nH]c(=S)ncc1C(=O)O. The van der Waals surface area contributed by atoms with Gasteiger partial charge in [-0.1, -0.05) is 22.0 Å². The summed E-state index contributed by atoms with van der Waals surface area (Å²) in [6.45, 7) is 1.91. The van der Waals surface area contributed by atoms with Crippen molar-refractivity contribution in [1.82, 2.24) is 9.97 Å². The van der Waals surface area contributed by atoms with E-state index in [9.17, 15) is 9.90 Å². The van der Waals surface area contributed by atoms with Crippen LogP contribution in [0, 0.1) is 11.7 Å². The van der Waals surface area contributed by atoms with Gasteiger partial charge in [-0.2, -0.15) is 0 Å². The van der Waals surface area contributed by atoms with Gasteiger partial charge in [-0.3, -0.25) is 0 Å². The van der Waals surface area contributed by atoms with Gasteiger partial charge in [0.25, 0.3) is 0 Å². The maximum Gasteiger partial charge on any atom is 0.339 e. The van der Waals surface area contributed by atoms with E-state index in [0.29, 0.717) is 5.69 Å². The Bertz CT molecular complexity index is 682. The zero-order chi connectivity index (χ0) is 13.3. The summed E-state index contributed by atoms with van der Waals surface area (Å²) >= 11 is 8.32. The molecule has 4 nitrogen and oxygen atoms in total. The maximum atomic E-state index is 11.2. The summed E-state index contributed by atoms with van der Waals surface area (Å²) in [5, 5.41) is 9.17. The molecule has 0 saturated heterocycles. The van der Waals surface area contributed by atoms with E-state index in [0.717, 1.165) is 15.6 Å². The second kappa shape index (κ2) is 4.99. The van der Waals surface area contributed by atoms with Gasteiger partial charge in [0.15, 0.2) is 4.77 Å². The fourth-order valence-corrected chi connectivity index (χ4v) is 2.15. The number of benzene rings is 1. The lowest BCUT2D eigenvalue weighted by Gasteiger charge is -2.09. The summed E-state index contributed by atoms with van der Waals surface area (Å²) in [7, 11) is 0. The van der Waals surface area contributed by atoms with Crippen LogP contribution < -0.4 is 0 Å². The lowest BCUT2D eigenvalue weighted by atomic mass is 10.0. The Hall–Kier alpha value is -1.53. The Morgan fingerprint density at radius 2 is 2.22 bits per heavy atom. The number of rotatable bonds is 2. The Morgan fingerprint density at radius 1 is 1.50 bits per heavy atom. The van der Waals surface area contributed by atoms with Crippen LogP contribution in [0.3, 0.4) is 0 Å². The first-order valence-electron chi connectivity index (χ1n) is 5.08. The van der Waals surface area contributed by atoms with Crippen LogP contribution in [-0.4, -0.2) is 21.0 Å². The van der Waals surface area contributed by atoms with Crippen LogP contribution in [0.5, 0.6) is 0 Å². The number of hydrogen-bond acceptors (Lipinski definition) is 3. The number of nitrogens with zero attached hydrogens (tertiary/aromatic N) is 1. The smallest absolute Gasteiger partial charge is 0.339 e. The van der Waals surface area contributed by atoms with E-state index < -0.39 is 5.97 Å². The highest BCUT2D eigenvalue weighted by atomic mass is 79.9. The standard InChI is InChI=1S/C12H9BrN2O2S/c1-6-2-3-7(13)4-8(6)10-9(11(16)17)5-14-12(18)15-10/h2-5H,1H3,(H,16,17)(H,14,15,18). The molecule has 92 valence electrons. The number of H-pyrrole nitrogens is 1. The number of aromatic amines is 1. The van der Waals surface area contributed by atoms with E-state index in [4.69, 9.17) is 12.2 Å². The minimum atomic E-state index is -1.04. The van der Waals surface area contributed by atoms with Gasteiger partial charge in [0.1, 0.15) is 5.56 Å². The lowest BCUT2D eigenvalue weighted by molar-refractivity contribution is 0.0697. The number of aromatic nitrogens is 2. The average Bonchev–Trinajstić information content (AvgIpc) is 2.31. The molecule has 0 aliphatic carbocycles. The second-order valence-corrected chi connectivity index (χ2v) is 5.04. The van der Waals surface area contributed by atoms with Crippen LogP contribution in [0.2, 0.25) is 0 Å². The number of aromatic carboxylic acids is 1. The van der Waals surface area contributed by atoms with Crippen LogP contribution >= 0.6 is 28.1 Å². The predicted molar refractivity (Wildman–Crippen MR) is 74.3 cm³/mol. The zero-order valence-corrected chi connectivity index (χ0v) is 11.8. The van der Waals surface area contributed by atoms with Gasteiger partial charge in [0, 0.05) is 16.2 Å². The molecule has 2 aromatic rings. The molecule has 0 radical (unpaired) electrons. The quantitative estimate of drug-likeness (QED) is 0.829. The first-order chi connectivity index (χ1) is 8.49. The van der Waals surface area contributed by atoms with E-state index in [1.54, 1.807) is 0 Å². The lowest BCUT2D eigenvalue weighted by Crippen LogP contribution is -2.04. The number of halogens is 1. The summed E-state index contributed by atoms with van der Waals surface area (Å²) in [5.41, 5.74) is 2.32. The van der Waals surface area contributed by atoms with Crippen molar-refractivity contribution in [1.29, 1.82) is 0 Å². The molecule has 2 rings (SSSR count). The van der Waals surface area contributed by atoms with Crippen LogP contribution in [0.4, 0.5) is 0 Å². The van der Waals surface area contributed by atoms with Gasteiger partial charge >= 0.3 is 5.97 Å². The van der Waals surface area contributed by atoms with E-state index in [1.807, 2.05) is 25.1 Å². The third kappa shape index (κ3) is 2.49. The van der Waals surface area contributed by atoms with Crippen molar-refractivity contribution in [2.45, 2.75) is 6.92 Å². The molecule has 1 heterocycles. The normalized spacial score (nSPS) is 10.3. The monoisotopic (exact) mass is 324 g/mol. The highest BCUT2D eigenvalue weighted by molar-refractivity contribution is 9.10. The van der Waals surface area contributed by atoms with Gasteiger partial charge in [-0.25, -0.2) is 9.78 Å². The summed E-state index contributed by atoms with van der Waals surface area (Å²) in [4.78, 5) is 17.8. The molecule has 2 N–H and O–H groups in total. The highest BCUT2D eigenvalue weighted by Crippen LogP contribution is 2.27. The number of carbonyl (C=O) groups is 1. The first kappa shape index (κ1) is 12.9. The summed E-state index contributed by atoms with van der Waals surface area (Å²) in [5.74, 6) is -1.04. The van der Waals surface area contributed by atoms with Crippen LogP contribution in [0.1, 0.15) is 15.9 Å². The van der Waals surface area contributed by atoms with Crippen LogP contribution in [0.25, 0.3) is 11.3 Å². The number of aryl methyl sites for hydroxylation is 1. The maximum absolute atomic E-state index is 11.2. The van der Waals surface area contributed by atoms with Crippen molar-refractivity contribution in [2.24, 2.45) is 0 Å². The van der Waals surface area contributed by atoms with Crippen molar-refractivity contribution in [3.63, 3.8) is 0 Å². The van der Waals surface area contributed by atoms with Gasteiger partial charge in [-0.15, -0.1) is 0 Å². The van der Waals surface area contributed by atoms with Crippen molar-refractivity contribution in [3.8, 4) is 11.3 Å². The zero-order valence-electron chi connectivity index (χ0n) is 9.40. The molecule has 0 aliphatic heterocycles. The molecule has 0 spiro atoms. The molecule has 1 aromatic carbocycles. The molecule has 0 atom stereocenters. The van der Waals surface area contributed by atoms with Crippen molar-refractivity contribution in [3.05, 3.63) is 44.8 Å². The number of carboxylic acids is 1. The third-order valence-electron chi connectivity index (χ3n) is 2.51. The fraction of sp³-hybridized carbons (Fsp3) is 0.0833. The Kier molecular flexibility index (Phi) is 3.58. The van der Waals surface area contributed by atoms with Gasteiger partial charge in [0.05, 0.1) is 5.69 Å². The van der Waals surface area contributed by atoms with Gasteiger partial charge in [-0.05, 0) is 36.8 Å². The minimum Gasteiger partial charge on any atom is -0.478 e. The van der Waals surface area contributed by atoms with Crippen LogP contribution in [-0.2, 0) is 0 Å². The number of hydrogen-bond donors (Lipinski definition) is 2. The van der Waals surface area contributed by atoms with Gasteiger partial charge < -0.3 is 10.1 Å². The van der Waals surface area contributed by atoms with Gasteiger partial charge in [0.2, 0.25) is 0 Å². The van der Waals surface area contributed by atoms with Crippen LogP contribution in [0.15, 0.2) is 28.9 Å². The van der Waals surface area contributed by atoms with Crippen molar-refractivity contribution in [2.75, 3.05) is 0 Å². The molecule has 0 bridgehead atoms. The van der Waals surface area contributed by atoms with E-state index in [2.05, 4.69) is 25.9 Å². The fourth-order valence-electron chi connectivity index (χ4n) is 1.63. The van der Waals surface area contributed by atoms with Crippen molar-refractivity contribution >= 4 is 34.1 Å². The number of carboxylic acid groups (broad SMARTS) is 1. The molecule has 0 unspecified atom stereocenters. The molecule has 18 heavy (non-hydrogen) atoms. The summed E-state index contributed by atoms with van der Waals surface area (Å²) < 4.78 is 1.13. The van der Waals surface area contributed by atoms with Crippen molar-refractivity contribution < 1.29 is 9.90 Å². The molecule has 0 aliphatic rings. The predicted octanol–water partition coefficient (Wildman–Crippen LogP) is 3.58. The highest BCUT2D eigenvalue weighted by Gasteiger charge is 2.14. The summed E-state index contributed by atoms with van der Waals surface area (Å²) in [6, 6.07) is 5.65. The molecule has 6 heteroatoms. The number of nitrogens with one attached hydrogen (secondary N) is 1. The topological polar surface area (TPSA) is 66.0 Å².